The number of benzene rings is 1. The molecule has 3 nitrogen and oxygen atoms in total. The van der Waals surface area contributed by atoms with Gasteiger partial charge in [-0.2, -0.15) is 13.2 Å². The minimum Gasteiger partial charge on any atom is -0.326 e. The molecule has 21 heavy (non-hydrogen) atoms. The molecule has 2 N–H and O–H groups in total. The first-order valence-corrected chi connectivity index (χ1v) is 7.03. The fraction of sp³-hybridized carbons (Fsp3) is 0.533. The first-order chi connectivity index (χ1) is 9.83. The Morgan fingerprint density at radius 1 is 1.43 bits per heavy atom. The molecular formula is C15H19F3N2O. The second-order valence-electron chi connectivity index (χ2n) is 5.56. The number of piperidine rings is 1. The number of amides is 1. The molecule has 0 spiro atoms. The van der Waals surface area contributed by atoms with Crippen molar-refractivity contribution < 1.29 is 18.0 Å². The Bertz CT molecular complexity index is 502. The standard InChI is InChI=1S/C15H19F3N2O/c1-10-7-12(5-6-19-10)14(21)20-13-4-2-3-11(8-13)9-15(16,17)18/h2-4,8,10,12,19H,5-7,9H2,1H3,(H,20,21)/t10-,12-/m0/s1. The van der Waals surface area contributed by atoms with Crippen LogP contribution in [-0.4, -0.2) is 24.7 Å². The summed E-state index contributed by atoms with van der Waals surface area (Å²) in [5, 5.41) is 5.98. The molecule has 0 aliphatic carbocycles. The Balaban J connectivity index is 1.99. The second kappa shape index (κ2) is 6.47. The minimum atomic E-state index is -4.24. The third kappa shape index (κ3) is 5.04. The Hall–Kier alpha value is -1.56. The van der Waals surface area contributed by atoms with Crippen molar-refractivity contribution in [3.05, 3.63) is 29.8 Å². The van der Waals surface area contributed by atoms with Gasteiger partial charge in [-0.1, -0.05) is 12.1 Å². The van der Waals surface area contributed by atoms with E-state index in [9.17, 15) is 18.0 Å². The maximum absolute atomic E-state index is 12.4. The number of anilines is 1. The van der Waals surface area contributed by atoms with Crippen LogP contribution in [0.25, 0.3) is 0 Å². The molecule has 0 unspecified atom stereocenters. The zero-order chi connectivity index (χ0) is 15.5. The summed E-state index contributed by atoms with van der Waals surface area (Å²) in [4.78, 5) is 12.1. The molecule has 1 heterocycles. The van der Waals surface area contributed by atoms with E-state index in [0.717, 1.165) is 19.4 Å². The molecule has 1 saturated heterocycles. The molecule has 0 radical (unpaired) electrons. The SMILES string of the molecule is C[C@H]1C[C@@H](C(=O)Nc2cccc(CC(F)(F)F)c2)CCN1. The van der Waals surface area contributed by atoms with E-state index in [-0.39, 0.29) is 23.4 Å². The summed E-state index contributed by atoms with van der Waals surface area (Å²) >= 11 is 0. The summed E-state index contributed by atoms with van der Waals surface area (Å²) in [6.45, 7) is 2.80. The van der Waals surface area contributed by atoms with Crippen molar-refractivity contribution in [2.24, 2.45) is 5.92 Å². The van der Waals surface area contributed by atoms with E-state index in [1.54, 1.807) is 6.07 Å². The smallest absolute Gasteiger partial charge is 0.326 e. The van der Waals surface area contributed by atoms with Crippen LogP contribution in [0.4, 0.5) is 18.9 Å². The van der Waals surface area contributed by atoms with Gasteiger partial charge in [0.15, 0.2) is 0 Å². The maximum Gasteiger partial charge on any atom is 0.393 e. The van der Waals surface area contributed by atoms with Gasteiger partial charge in [-0.15, -0.1) is 0 Å². The second-order valence-corrected chi connectivity index (χ2v) is 5.56. The lowest BCUT2D eigenvalue weighted by molar-refractivity contribution is -0.127. The van der Waals surface area contributed by atoms with Crippen LogP contribution in [-0.2, 0) is 11.2 Å². The number of alkyl halides is 3. The molecule has 1 aromatic rings. The van der Waals surface area contributed by atoms with Crippen molar-refractivity contribution in [3.8, 4) is 0 Å². The van der Waals surface area contributed by atoms with Crippen LogP contribution in [0.5, 0.6) is 0 Å². The summed E-state index contributed by atoms with van der Waals surface area (Å²) in [5.41, 5.74) is 0.576. The third-order valence-electron chi connectivity index (χ3n) is 3.59. The van der Waals surface area contributed by atoms with E-state index in [1.807, 2.05) is 6.92 Å². The quantitative estimate of drug-likeness (QED) is 0.900. The summed E-state index contributed by atoms with van der Waals surface area (Å²) in [7, 11) is 0. The van der Waals surface area contributed by atoms with Gasteiger partial charge in [0.1, 0.15) is 0 Å². The monoisotopic (exact) mass is 300 g/mol. The largest absolute Gasteiger partial charge is 0.393 e. The normalized spacial score (nSPS) is 22.9. The number of hydrogen-bond donors (Lipinski definition) is 2. The molecule has 1 aliphatic heterocycles. The highest BCUT2D eigenvalue weighted by Gasteiger charge is 2.28. The van der Waals surface area contributed by atoms with Crippen molar-refractivity contribution in [2.45, 2.75) is 38.4 Å². The fourth-order valence-electron chi connectivity index (χ4n) is 2.60. The lowest BCUT2D eigenvalue weighted by Gasteiger charge is -2.27. The molecular weight excluding hydrogens is 281 g/mol. The zero-order valence-corrected chi connectivity index (χ0v) is 11.8. The van der Waals surface area contributed by atoms with Crippen molar-refractivity contribution >= 4 is 11.6 Å². The van der Waals surface area contributed by atoms with Gasteiger partial charge < -0.3 is 10.6 Å². The van der Waals surface area contributed by atoms with E-state index >= 15 is 0 Å². The van der Waals surface area contributed by atoms with E-state index < -0.39 is 12.6 Å². The van der Waals surface area contributed by atoms with Crippen LogP contribution in [0.2, 0.25) is 0 Å². The Kier molecular flexibility index (Phi) is 4.88. The van der Waals surface area contributed by atoms with Gasteiger partial charge in [-0.3, -0.25) is 4.79 Å². The van der Waals surface area contributed by atoms with Crippen molar-refractivity contribution in [2.75, 3.05) is 11.9 Å². The van der Waals surface area contributed by atoms with Crippen LogP contribution >= 0.6 is 0 Å². The number of carbonyl (C=O) groups is 1. The first-order valence-electron chi connectivity index (χ1n) is 7.03. The van der Waals surface area contributed by atoms with Crippen molar-refractivity contribution in [3.63, 3.8) is 0 Å². The van der Waals surface area contributed by atoms with Gasteiger partial charge in [0.25, 0.3) is 0 Å². The third-order valence-corrected chi connectivity index (χ3v) is 3.59. The topological polar surface area (TPSA) is 41.1 Å². The van der Waals surface area contributed by atoms with Crippen LogP contribution in [0.15, 0.2) is 24.3 Å². The predicted molar refractivity (Wildman–Crippen MR) is 75.0 cm³/mol. The highest BCUT2D eigenvalue weighted by atomic mass is 19.4. The average molecular weight is 300 g/mol. The predicted octanol–water partition coefficient (Wildman–Crippen LogP) is 3.12. The Morgan fingerprint density at radius 3 is 2.86 bits per heavy atom. The molecule has 1 aromatic carbocycles. The van der Waals surface area contributed by atoms with Crippen LogP contribution in [0.3, 0.4) is 0 Å². The lowest BCUT2D eigenvalue weighted by atomic mass is 9.92. The molecule has 2 rings (SSSR count). The van der Waals surface area contributed by atoms with Crippen LogP contribution in [0.1, 0.15) is 25.3 Å². The van der Waals surface area contributed by atoms with Crippen LogP contribution < -0.4 is 10.6 Å². The van der Waals surface area contributed by atoms with E-state index in [2.05, 4.69) is 10.6 Å². The van der Waals surface area contributed by atoms with Gasteiger partial charge in [-0.05, 0) is 44.0 Å². The molecule has 0 saturated carbocycles. The van der Waals surface area contributed by atoms with Crippen molar-refractivity contribution in [1.29, 1.82) is 0 Å². The minimum absolute atomic E-state index is 0.0903. The molecule has 1 fully saturated rings. The molecule has 2 atom stereocenters. The number of carbonyl (C=O) groups excluding carboxylic acids is 1. The first kappa shape index (κ1) is 15.8. The number of rotatable bonds is 3. The number of nitrogens with one attached hydrogen (secondary N) is 2. The molecule has 1 aliphatic rings. The highest BCUT2D eigenvalue weighted by Crippen LogP contribution is 2.24. The number of hydrogen-bond acceptors (Lipinski definition) is 2. The number of halogens is 3. The van der Waals surface area contributed by atoms with Gasteiger partial charge >= 0.3 is 6.18 Å². The average Bonchev–Trinajstić information content (AvgIpc) is 2.37. The van der Waals surface area contributed by atoms with Gasteiger partial charge in [-0.25, -0.2) is 0 Å². The molecule has 0 bridgehead atoms. The molecule has 1 amide bonds. The van der Waals surface area contributed by atoms with Gasteiger partial charge in [0.05, 0.1) is 6.42 Å². The Labute approximate surface area is 121 Å². The lowest BCUT2D eigenvalue weighted by Crippen LogP contribution is -2.40. The van der Waals surface area contributed by atoms with E-state index in [0.29, 0.717) is 5.69 Å². The summed E-state index contributed by atoms with van der Waals surface area (Å²) in [6, 6.07) is 6.22. The highest BCUT2D eigenvalue weighted by molar-refractivity contribution is 5.92. The van der Waals surface area contributed by atoms with E-state index in [1.165, 1.54) is 18.2 Å². The van der Waals surface area contributed by atoms with Crippen LogP contribution in [0, 0.1) is 5.92 Å². The molecule has 0 aromatic heterocycles. The van der Waals surface area contributed by atoms with Gasteiger partial charge in [0, 0.05) is 17.6 Å². The molecule has 116 valence electrons. The fourth-order valence-corrected chi connectivity index (χ4v) is 2.60. The summed E-state index contributed by atoms with van der Waals surface area (Å²) in [6.07, 6.45) is -3.74. The Morgan fingerprint density at radius 2 is 2.19 bits per heavy atom. The van der Waals surface area contributed by atoms with Gasteiger partial charge in [0.2, 0.25) is 5.91 Å². The summed E-state index contributed by atoms with van der Waals surface area (Å²) < 4.78 is 37.1. The van der Waals surface area contributed by atoms with Crippen molar-refractivity contribution in [1.82, 2.24) is 5.32 Å². The summed E-state index contributed by atoms with van der Waals surface area (Å²) in [5.74, 6) is -0.208. The van der Waals surface area contributed by atoms with E-state index in [4.69, 9.17) is 0 Å². The maximum atomic E-state index is 12.4. The molecule has 6 heteroatoms. The zero-order valence-electron chi connectivity index (χ0n) is 11.8.